The van der Waals surface area contributed by atoms with Crippen LogP contribution in [0.3, 0.4) is 0 Å². The largest absolute Gasteiger partial charge is 0.494 e. The van der Waals surface area contributed by atoms with Gasteiger partial charge in [0.05, 0.1) is 11.5 Å². The molecule has 0 spiro atoms. The number of rotatable bonds is 7. The Hall–Kier alpha value is -1.11. The van der Waals surface area contributed by atoms with E-state index in [2.05, 4.69) is 4.72 Å². The van der Waals surface area contributed by atoms with E-state index in [-0.39, 0.29) is 17.5 Å². The van der Waals surface area contributed by atoms with Gasteiger partial charge in [-0.05, 0) is 37.6 Å². The average Bonchev–Trinajstić information content (AvgIpc) is 2.36. The minimum absolute atomic E-state index is 0.214. The molecule has 1 unspecified atom stereocenters. The summed E-state index contributed by atoms with van der Waals surface area (Å²) in [6.45, 7) is 4.61. The van der Waals surface area contributed by atoms with Crippen molar-refractivity contribution in [3.05, 3.63) is 24.3 Å². The fourth-order valence-electron chi connectivity index (χ4n) is 1.32. The molecule has 0 saturated carbocycles. The van der Waals surface area contributed by atoms with E-state index in [1.807, 2.05) is 6.92 Å². The van der Waals surface area contributed by atoms with Gasteiger partial charge in [0.1, 0.15) is 5.75 Å². The molecule has 0 aliphatic carbocycles. The van der Waals surface area contributed by atoms with Crippen LogP contribution in [0, 0.1) is 0 Å². The summed E-state index contributed by atoms with van der Waals surface area (Å²) >= 11 is 0. The molecular formula is C12H20N2O3S. The summed E-state index contributed by atoms with van der Waals surface area (Å²) in [7, 11) is -3.49. The minimum Gasteiger partial charge on any atom is -0.494 e. The maximum atomic E-state index is 11.9. The van der Waals surface area contributed by atoms with Crippen LogP contribution in [0.4, 0.5) is 0 Å². The Morgan fingerprint density at radius 2 is 1.94 bits per heavy atom. The molecule has 0 aliphatic heterocycles. The predicted octanol–water partition coefficient (Wildman–Crippen LogP) is 1.10. The van der Waals surface area contributed by atoms with E-state index in [1.165, 1.54) is 12.1 Å². The van der Waals surface area contributed by atoms with Crippen LogP contribution < -0.4 is 15.2 Å². The van der Waals surface area contributed by atoms with E-state index in [1.54, 1.807) is 19.1 Å². The van der Waals surface area contributed by atoms with Gasteiger partial charge in [0.25, 0.3) is 0 Å². The SMILES string of the molecule is CCCOc1ccc(S(=O)(=O)NC(C)CN)cc1. The first-order chi connectivity index (χ1) is 8.49. The number of hydrogen-bond acceptors (Lipinski definition) is 4. The monoisotopic (exact) mass is 272 g/mol. The standard InChI is InChI=1S/C12H20N2O3S/c1-3-8-17-11-4-6-12(7-5-11)18(15,16)14-10(2)9-13/h4-7,10,14H,3,8-9,13H2,1-2H3. The maximum absolute atomic E-state index is 11.9. The zero-order valence-corrected chi connectivity index (χ0v) is 11.5. The second-order valence-corrected chi connectivity index (χ2v) is 5.79. The van der Waals surface area contributed by atoms with Crippen molar-refractivity contribution in [3.8, 4) is 5.75 Å². The Bertz CT molecular complexity index is 457. The number of hydrogen-bond donors (Lipinski definition) is 2. The Morgan fingerprint density at radius 1 is 1.33 bits per heavy atom. The molecule has 5 nitrogen and oxygen atoms in total. The Kier molecular flexibility index (Phi) is 5.58. The van der Waals surface area contributed by atoms with Gasteiger partial charge in [0.15, 0.2) is 0 Å². The zero-order chi connectivity index (χ0) is 13.6. The molecule has 1 aromatic carbocycles. The van der Waals surface area contributed by atoms with Crippen molar-refractivity contribution >= 4 is 10.0 Å². The highest BCUT2D eigenvalue weighted by Crippen LogP contribution is 2.16. The molecule has 0 aromatic heterocycles. The van der Waals surface area contributed by atoms with Crippen LogP contribution in [0.1, 0.15) is 20.3 Å². The Balaban J connectivity index is 2.77. The lowest BCUT2D eigenvalue weighted by Gasteiger charge is -2.12. The van der Waals surface area contributed by atoms with Gasteiger partial charge in [-0.3, -0.25) is 0 Å². The number of benzene rings is 1. The van der Waals surface area contributed by atoms with Crippen LogP contribution in [-0.2, 0) is 10.0 Å². The summed E-state index contributed by atoms with van der Waals surface area (Å²) < 4.78 is 31.7. The fraction of sp³-hybridized carbons (Fsp3) is 0.500. The topological polar surface area (TPSA) is 81.4 Å². The summed E-state index contributed by atoms with van der Waals surface area (Å²) in [6, 6.07) is 6.06. The molecule has 6 heteroatoms. The number of sulfonamides is 1. The Labute approximate surface area is 108 Å². The molecule has 1 aromatic rings. The van der Waals surface area contributed by atoms with Gasteiger partial charge in [0.2, 0.25) is 10.0 Å². The highest BCUT2D eigenvalue weighted by molar-refractivity contribution is 7.89. The van der Waals surface area contributed by atoms with Crippen LogP contribution >= 0.6 is 0 Å². The van der Waals surface area contributed by atoms with Crippen LogP contribution in [0.5, 0.6) is 5.75 Å². The first-order valence-electron chi connectivity index (χ1n) is 5.95. The highest BCUT2D eigenvalue weighted by atomic mass is 32.2. The lowest BCUT2D eigenvalue weighted by Crippen LogP contribution is -2.37. The van der Waals surface area contributed by atoms with Gasteiger partial charge >= 0.3 is 0 Å². The van der Waals surface area contributed by atoms with Crippen LogP contribution in [-0.4, -0.2) is 27.6 Å². The molecule has 102 valence electrons. The summed E-state index contributed by atoms with van der Waals surface area (Å²) in [6.07, 6.45) is 0.912. The van der Waals surface area contributed by atoms with E-state index in [4.69, 9.17) is 10.5 Å². The summed E-state index contributed by atoms with van der Waals surface area (Å²) in [5.74, 6) is 0.669. The molecule has 0 saturated heterocycles. The average molecular weight is 272 g/mol. The number of nitrogens with one attached hydrogen (secondary N) is 1. The fourth-order valence-corrected chi connectivity index (χ4v) is 2.57. The first-order valence-corrected chi connectivity index (χ1v) is 7.43. The molecule has 18 heavy (non-hydrogen) atoms. The lowest BCUT2D eigenvalue weighted by atomic mass is 10.3. The number of nitrogens with two attached hydrogens (primary N) is 1. The Morgan fingerprint density at radius 3 is 2.44 bits per heavy atom. The summed E-state index contributed by atoms with van der Waals surface area (Å²) in [5, 5.41) is 0. The molecular weight excluding hydrogens is 252 g/mol. The third kappa shape index (κ3) is 4.29. The zero-order valence-electron chi connectivity index (χ0n) is 10.7. The highest BCUT2D eigenvalue weighted by Gasteiger charge is 2.16. The molecule has 0 radical (unpaired) electrons. The molecule has 0 heterocycles. The maximum Gasteiger partial charge on any atom is 0.240 e. The molecule has 0 bridgehead atoms. The van der Waals surface area contributed by atoms with Gasteiger partial charge in [-0.1, -0.05) is 6.92 Å². The lowest BCUT2D eigenvalue weighted by molar-refractivity contribution is 0.317. The second-order valence-electron chi connectivity index (χ2n) is 4.08. The molecule has 0 aliphatic rings. The van der Waals surface area contributed by atoms with E-state index in [0.717, 1.165) is 6.42 Å². The van der Waals surface area contributed by atoms with Crippen molar-refractivity contribution in [1.29, 1.82) is 0 Å². The van der Waals surface area contributed by atoms with Gasteiger partial charge < -0.3 is 10.5 Å². The smallest absolute Gasteiger partial charge is 0.240 e. The quantitative estimate of drug-likeness (QED) is 0.779. The van der Waals surface area contributed by atoms with Crippen LogP contribution in [0.25, 0.3) is 0 Å². The van der Waals surface area contributed by atoms with Crippen molar-refractivity contribution in [2.75, 3.05) is 13.2 Å². The second kappa shape index (κ2) is 6.72. The van der Waals surface area contributed by atoms with Gasteiger partial charge in [-0.2, -0.15) is 0 Å². The van der Waals surface area contributed by atoms with Crippen molar-refractivity contribution in [2.45, 2.75) is 31.2 Å². The van der Waals surface area contributed by atoms with Crippen molar-refractivity contribution < 1.29 is 13.2 Å². The molecule has 0 amide bonds. The van der Waals surface area contributed by atoms with Crippen LogP contribution in [0.2, 0.25) is 0 Å². The molecule has 0 fully saturated rings. The van der Waals surface area contributed by atoms with Gasteiger partial charge in [-0.15, -0.1) is 0 Å². The van der Waals surface area contributed by atoms with Crippen molar-refractivity contribution in [1.82, 2.24) is 4.72 Å². The third-order valence-corrected chi connectivity index (χ3v) is 3.92. The van der Waals surface area contributed by atoms with Crippen LogP contribution in [0.15, 0.2) is 29.2 Å². The molecule has 1 rings (SSSR count). The van der Waals surface area contributed by atoms with Gasteiger partial charge in [0, 0.05) is 12.6 Å². The molecule has 3 N–H and O–H groups in total. The summed E-state index contributed by atoms with van der Waals surface area (Å²) in [5.41, 5.74) is 5.39. The third-order valence-electron chi connectivity index (χ3n) is 2.32. The van der Waals surface area contributed by atoms with E-state index < -0.39 is 10.0 Å². The van der Waals surface area contributed by atoms with Crippen molar-refractivity contribution in [2.24, 2.45) is 5.73 Å². The molecule has 1 atom stereocenters. The van der Waals surface area contributed by atoms with Crippen molar-refractivity contribution in [3.63, 3.8) is 0 Å². The number of ether oxygens (including phenoxy) is 1. The minimum atomic E-state index is -3.49. The predicted molar refractivity (Wildman–Crippen MR) is 71.1 cm³/mol. The van der Waals surface area contributed by atoms with Gasteiger partial charge in [-0.25, -0.2) is 13.1 Å². The van der Waals surface area contributed by atoms with E-state index >= 15 is 0 Å². The van der Waals surface area contributed by atoms with E-state index in [0.29, 0.717) is 12.4 Å². The summed E-state index contributed by atoms with van der Waals surface area (Å²) in [4.78, 5) is 0.214. The first kappa shape index (κ1) is 14.9. The normalized spacial score (nSPS) is 13.3. The van der Waals surface area contributed by atoms with E-state index in [9.17, 15) is 8.42 Å².